The first kappa shape index (κ1) is 16.3. The van der Waals surface area contributed by atoms with Gasteiger partial charge in [0.25, 0.3) is 0 Å². The van der Waals surface area contributed by atoms with Gasteiger partial charge in [0.1, 0.15) is 0 Å². The van der Waals surface area contributed by atoms with Crippen LogP contribution in [0.4, 0.5) is 0 Å². The van der Waals surface area contributed by atoms with E-state index in [0.717, 1.165) is 44.6 Å². The number of hydrogen-bond donors (Lipinski definition) is 2. The summed E-state index contributed by atoms with van der Waals surface area (Å²) in [5.41, 5.74) is 0.463. The molecule has 0 unspecified atom stereocenters. The molecule has 4 nitrogen and oxygen atoms in total. The van der Waals surface area contributed by atoms with Crippen LogP contribution in [0.15, 0.2) is 4.99 Å². The van der Waals surface area contributed by atoms with Crippen LogP contribution in [0.5, 0.6) is 0 Å². The van der Waals surface area contributed by atoms with Crippen molar-refractivity contribution in [1.29, 1.82) is 0 Å². The van der Waals surface area contributed by atoms with Crippen LogP contribution in [0.1, 0.15) is 46.5 Å². The van der Waals surface area contributed by atoms with E-state index >= 15 is 0 Å². The zero-order chi connectivity index (χ0) is 14.1. The SMILES string of the molecule is CCOCCC1(CNC(=NC)NCCC(C)C)CC1. The van der Waals surface area contributed by atoms with Crippen LogP contribution in [0, 0.1) is 11.3 Å². The molecule has 2 N–H and O–H groups in total. The Hall–Kier alpha value is -0.770. The van der Waals surface area contributed by atoms with E-state index in [1.165, 1.54) is 19.3 Å². The van der Waals surface area contributed by atoms with Gasteiger partial charge in [-0.2, -0.15) is 0 Å². The molecule has 1 fully saturated rings. The van der Waals surface area contributed by atoms with Gasteiger partial charge in [0, 0.05) is 33.4 Å². The summed E-state index contributed by atoms with van der Waals surface area (Å²) in [4.78, 5) is 4.28. The maximum atomic E-state index is 5.46. The van der Waals surface area contributed by atoms with Gasteiger partial charge >= 0.3 is 0 Å². The highest BCUT2D eigenvalue weighted by Gasteiger charge is 2.41. The molecule has 1 rings (SSSR count). The molecular weight excluding hydrogens is 238 g/mol. The van der Waals surface area contributed by atoms with Crippen molar-refractivity contribution in [2.45, 2.75) is 46.5 Å². The summed E-state index contributed by atoms with van der Waals surface area (Å²) in [5.74, 6) is 1.66. The zero-order valence-electron chi connectivity index (χ0n) is 13.1. The van der Waals surface area contributed by atoms with E-state index < -0.39 is 0 Å². The van der Waals surface area contributed by atoms with E-state index in [4.69, 9.17) is 4.74 Å². The van der Waals surface area contributed by atoms with Crippen molar-refractivity contribution in [3.63, 3.8) is 0 Å². The Balaban J connectivity index is 2.18. The van der Waals surface area contributed by atoms with Gasteiger partial charge in [0.15, 0.2) is 5.96 Å². The normalized spacial score (nSPS) is 17.6. The molecule has 1 saturated carbocycles. The largest absolute Gasteiger partial charge is 0.382 e. The summed E-state index contributed by atoms with van der Waals surface area (Å²) in [6, 6.07) is 0. The minimum absolute atomic E-state index is 0.463. The second-order valence-corrected chi connectivity index (χ2v) is 5.98. The molecule has 0 aromatic carbocycles. The number of hydrogen-bond acceptors (Lipinski definition) is 2. The van der Waals surface area contributed by atoms with Gasteiger partial charge in [-0.1, -0.05) is 13.8 Å². The predicted octanol–water partition coefficient (Wildman–Crippen LogP) is 2.40. The molecule has 4 heteroatoms. The van der Waals surface area contributed by atoms with E-state index in [-0.39, 0.29) is 0 Å². The topological polar surface area (TPSA) is 45.6 Å². The van der Waals surface area contributed by atoms with Crippen molar-refractivity contribution in [3.8, 4) is 0 Å². The van der Waals surface area contributed by atoms with Gasteiger partial charge in [0.05, 0.1) is 0 Å². The number of guanidine groups is 1. The molecule has 1 aliphatic carbocycles. The fraction of sp³-hybridized carbons (Fsp3) is 0.933. The third-order valence-electron chi connectivity index (χ3n) is 3.81. The summed E-state index contributed by atoms with van der Waals surface area (Å²) in [5, 5.41) is 6.83. The first-order valence-electron chi connectivity index (χ1n) is 7.64. The van der Waals surface area contributed by atoms with E-state index in [9.17, 15) is 0 Å². The van der Waals surface area contributed by atoms with Crippen LogP contribution in [0.3, 0.4) is 0 Å². The molecule has 0 radical (unpaired) electrons. The smallest absolute Gasteiger partial charge is 0.190 e. The number of nitrogens with one attached hydrogen (secondary N) is 2. The van der Waals surface area contributed by atoms with Crippen molar-refractivity contribution in [3.05, 3.63) is 0 Å². The molecule has 0 aromatic heterocycles. The lowest BCUT2D eigenvalue weighted by Gasteiger charge is -2.18. The molecular formula is C15H31N3O. The Morgan fingerprint density at radius 2 is 2.05 bits per heavy atom. The fourth-order valence-corrected chi connectivity index (χ4v) is 2.10. The van der Waals surface area contributed by atoms with Gasteiger partial charge in [-0.15, -0.1) is 0 Å². The van der Waals surface area contributed by atoms with E-state index in [0.29, 0.717) is 5.41 Å². The maximum Gasteiger partial charge on any atom is 0.190 e. The monoisotopic (exact) mass is 269 g/mol. The summed E-state index contributed by atoms with van der Waals surface area (Å²) in [6.07, 6.45) is 4.97. The molecule has 0 heterocycles. The third kappa shape index (κ3) is 6.81. The molecule has 0 bridgehead atoms. The van der Waals surface area contributed by atoms with E-state index in [1.807, 2.05) is 7.05 Å². The average Bonchev–Trinajstić information content (AvgIpc) is 3.14. The molecule has 0 amide bonds. The lowest BCUT2D eigenvalue weighted by Crippen LogP contribution is -2.41. The van der Waals surface area contributed by atoms with Crippen LogP contribution in [0.2, 0.25) is 0 Å². The molecule has 0 atom stereocenters. The lowest BCUT2D eigenvalue weighted by molar-refractivity contribution is 0.128. The Morgan fingerprint density at radius 3 is 2.58 bits per heavy atom. The van der Waals surface area contributed by atoms with Gasteiger partial charge in [0.2, 0.25) is 0 Å². The highest BCUT2D eigenvalue weighted by atomic mass is 16.5. The standard InChI is InChI=1S/C15H31N3O/c1-5-19-11-9-15(7-8-15)12-18-14(16-4)17-10-6-13(2)3/h13H,5-12H2,1-4H3,(H2,16,17,18). The zero-order valence-corrected chi connectivity index (χ0v) is 13.1. The minimum Gasteiger partial charge on any atom is -0.382 e. The Morgan fingerprint density at radius 1 is 1.32 bits per heavy atom. The maximum absolute atomic E-state index is 5.46. The van der Waals surface area contributed by atoms with Gasteiger partial charge in [-0.25, -0.2) is 0 Å². The van der Waals surface area contributed by atoms with E-state index in [1.54, 1.807) is 0 Å². The highest BCUT2D eigenvalue weighted by molar-refractivity contribution is 5.79. The summed E-state index contributed by atoms with van der Waals surface area (Å²) in [7, 11) is 1.84. The van der Waals surface area contributed by atoms with Crippen molar-refractivity contribution >= 4 is 5.96 Å². The predicted molar refractivity (Wildman–Crippen MR) is 81.6 cm³/mol. The van der Waals surface area contributed by atoms with Crippen molar-refractivity contribution in [2.24, 2.45) is 16.3 Å². The average molecular weight is 269 g/mol. The summed E-state index contributed by atoms with van der Waals surface area (Å²) < 4.78 is 5.46. The van der Waals surface area contributed by atoms with Gasteiger partial charge in [-0.3, -0.25) is 4.99 Å². The second-order valence-electron chi connectivity index (χ2n) is 5.98. The van der Waals surface area contributed by atoms with Crippen LogP contribution in [0.25, 0.3) is 0 Å². The van der Waals surface area contributed by atoms with Gasteiger partial charge < -0.3 is 15.4 Å². The molecule has 19 heavy (non-hydrogen) atoms. The number of ether oxygens (including phenoxy) is 1. The summed E-state index contributed by atoms with van der Waals surface area (Å²) >= 11 is 0. The first-order chi connectivity index (χ1) is 9.12. The Kier molecular flexibility index (Phi) is 7.21. The van der Waals surface area contributed by atoms with Crippen molar-refractivity contribution in [2.75, 3.05) is 33.4 Å². The quantitative estimate of drug-likeness (QED) is 0.384. The van der Waals surface area contributed by atoms with Crippen LogP contribution < -0.4 is 10.6 Å². The van der Waals surface area contributed by atoms with E-state index in [2.05, 4.69) is 36.4 Å². The molecule has 0 spiro atoms. The first-order valence-corrected chi connectivity index (χ1v) is 7.64. The van der Waals surface area contributed by atoms with Gasteiger partial charge in [-0.05, 0) is 43.9 Å². The third-order valence-corrected chi connectivity index (χ3v) is 3.81. The molecule has 0 saturated heterocycles. The van der Waals surface area contributed by atoms with Crippen LogP contribution in [-0.2, 0) is 4.74 Å². The Bertz CT molecular complexity index is 273. The number of aliphatic imine (C=N–C) groups is 1. The minimum atomic E-state index is 0.463. The second kappa shape index (κ2) is 8.41. The van der Waals surface area contributed by atoms with Crippen molar-refractivity contribution < 1.29 is 4.74 Å². The summed E-state index contributed by atoms with van der Waals surface area (Å²) in [6.45, 7) is 10.2. The molecule has 0 aliphatic heterocycles. The Labute approximate surface area is 118 Å². The molecule has 112 valence electrons. The van der Waals surface area contributed by atoms with Crippen LogP contribution in [-0.4, -0.2) is 39.3 Å². The lowest BCUT2D eigenvalue weighted by atomic mass is 10.0. The fourth-order valence-electron chi connectivity index (χ4n) is 2.10. The molecule has 0 aromatic rings. The number of rotatable bonds is 9. The molecule has 1 aliphatic rings. The van der Waals surface area contributed by atoms with Crippen molar-refractivity contribution in [1.82, 2.24) is 10.6 Å². The highest BCUT2D eigenvalue weighted by Crippen LogP contribution is 2.48. The van der Waals surface area contributed by atoms with Crippen LogP contribution >= 0.6 is 0 Å². The number of nitrogens with zero attached hydrogens (tertiary/aromatic N) is 1.